The molecule has 3 aromatic rings. The van der Waals surface area contributed by atoms with Crippen molar-refractivity contribution in [3.05, 3.63) is 70.6 Å². The third-order valence-electron chi connectivity index (χ3n) is 3.98. The number of ether oxygens (including phenoxy) is 1. The maximum absolute atomic E-state index is 12.6. The standard InChI is InChI=1S/C21H19NO4S/c1-3-26-21(25)18-17(14-7-5-4-6-8-14)13(2)27-20(18)22-19(24)15-9-11-16(23)12-10-15/h4-12,23H,3H2,1-2H3,(H,22,24). The molecule has 0 spiro atoms. The minimum absolute atomic E-state index is 0.0806. The predicted octanol–water partition coefficient (Wildman–Crippen LogP) is 4.86. The lowest BCUT2D eigenvalue weighted by Crippen LogP contribution is -2.14. The number of aryl methyl sites for hydroxylation is 1. The van der Waals surface area contributed by atoms with E-state index < -0.39 is 5.97 Å². The van der Waals surface area contributed by atoms with Gasteiger partial charge in [0.2, 0.25) is 0 Å². The molecule has 1 aromatic heterocycles. The molecule has 0 saturated heterocycles. The zero-order valence-electron chi connectivity index (χ0n) is 15.0. The van der Waals surface area contributed by atoms with E-state index in [1.807, 2.05) is 37.3 Å². The highest BCUT2D eigenvalue weighted by Crippen LogP contribution is 2.40. The number of carbonyl (C=O) groups excluding carboxylic acids is 2. The summed E-state index contributed by atoms with van der Waals surface area (Å²) in [4.78, 5) is 26.1. The average Bonchev–Trinajstić information content (AvgIpc) is 2.99. The highest BCUT2D eigenvalue weighted by Gasteiger charge is 2.25. The molecule has 0 radical (unpaired) electrons. The number of phenolic OH excluding ortho intramolecular Hbond substituents is 1. The molecule has 1 amide bonds. The molecule has 0 fully saturated rings. The van der Waals surface area contributed by atoms with E-state index in [1.54, 1.807) is 6.92 Å². The first-order chi connectivity index (χ1) is 13.0. The SMILES string of the molecule is CCOC(=O)c1c(NC(=O)c2ccc(O)cc2)sc(C)c1-c1ccccc1. The number of aromatic hydroxyl groups is 1. The van der Waals surface area contributed by atoms with Crippen molar-refractivity contribution in [2.75, 3.05) is 11.9 Å². The molecule has 3 rings (SSSR count). The topological polar surface area (TPSA) is 75.6 Å². The van der Waals surface area contributed by atoms with Gasteiger partial charge in [-0.25, -0.2) is 4.79 Å². The molecule has 138 valence electrons. The minimum atomic E-state index is -0.471. The van der Waals surface area contributed by atoms with E-state index in [-0.39, 0.29) is 18.3 Å². The van der Waals surface area contributed by atoms with Crippen LogP contribution in [0.1, 0.15) is 32.5 Å². The number of benzene rings is 2. The molecule has 0 unspecified atom stereocenters. The van der Waals surface area contributed by atoms with Crippen LogP contribution in [0, 0.1) is 6.92 Å². The Balaban J connectivity index is 2.03. The summed E-state index contributed by atoms with van der Waals surface area (Å²) in [7, 11) is 0. The number of hydrogen-bond donors (Lipinski definition) is 2. The molecule has 0 saturated carbocycles. The van der Waals surface area contributed by atoms with Gasteiger partial charge in [0, 0.05) is 16.0 Å². The largest absolute Gasteiger partial charge is 0.508 e. The van der Waals surface area contributed by atoms with Crippen molar-refractivity contribution in [3.63, 3.8) is 0 Å². The second kappa shape index (κ2) is 8.05. The van der Waals surface area contributed by atoms with Crippen LogP contribution in [0.2, 0.25) is 0 Å². The maximum Gasteiger partial charge on any atom is 0.341 e. The number of thiophene rings is 1. The quantitative estimate of drug-likeness (QED) is 0.619. The molecule has 0 atom stereocenters. The van der Waals surface area contributed by atoms with Crippen molar-refractivity contribution in [1.29, 1.82) is 0 Å². The van der Waals surface area contributed by atoms with Crippen LogP contribution >= 0.6 is 11.3 Å². The number of anilines is 1. The fourth-order valence-electron chi connectivity index (χ4n) is 2.77. The highest BCUT2D eigenvalue weighted by atomic mass is 32.1. The Morgan fingerprint density at radius 1 is 1.07 bits per heavy atom. The van der Waals surface area contributed by atoms with Gasteiger partial charge in [-0.15, -0.1) is 11.3 Å². The highest BCUT2D eigenvalue weighted by molar-refractivity contribution is 7.17. The number of esters is 1. The van der Waals surface area contributed by atoms with Gasteiger partial charge in [-0.1, -0.05) is 30.3 Å². The van der Waals surface area contributed by atoms with Gasteiger partial charge in [-0.2, -0.15) is 0 Å². The molecule has 2 N–H and O–H groups in total. The molecule has 2 aromatic carbocycles. The lowest BCUT2D eigenvalue weighted by Gasteiger charge is -2.09. The van der Waals surface area contributed by atoms with E-state index in [0.29, 0.717) is 16.1 Å². The predicted molar refractivity (Wildman–Crippen MR) is 107 cm³/mol. The van der Waals surface area contributed by atoms with Crippen LogP contribution in [0.4, 0.5) is 5.00 Å². The number of amides is 1. The molecule has 6 heteroatoms. The molecule has 0 aliphatic rings. The summed E-state index contributed by atoms with van der Waals surface area (Å²) in [6, 6.07) is 15.5. The van der Waals surface area contributed by atoms with Crippen LogP contribution in [-0.2, 0) is 4.74 Å². The summed E-state index contributed by atoms with van der Waals surface area (Å²) in [6.45, 7) is 3.90. The normalized spacial score (nSPS) is 10.4. The van der Waals surface area contributed by atoms with Crippen molar-refractivity contribution in [2.24, 2.45) is 0 Å². The number of hydrogen-bond acceptors (Lipinski definition) is 5. The van der Waals surface area contributed by atoms with Crippen LogP contribution in [0.25, 0.3) is 11.1 Å². The third-order valence-corrected chi connectivity index (χ3v) is 5.00. The Hall–Kier alpha value is -3.12. The zero-order chi connectivity index (χ0) is 19.4. The van der Waals surface area contributed by atoms with Gasteiger partial charge in [0.1, 0.15) is 16.3 Å². The summed E-state index contributed by atoms with van der Waals surface area (Å²) in [5, 5.41) is 12.6. The van der Waals surface area contributed by atoms with Gasteiger partial charge >= 0.3 is 5.97 Å². The van der Waals surface area contributed by atoms with Crippen LogP contribution < -0.4 is 5.32 Å². The molecule has 0 aliphatic carbocycles. The average molecular weight is 381 g/mol. The van der Waals surface area contributed by atoms with E-state index in [4.69, 9.17) is 4.74 Å². The molecule has 0 bridgehead atoms. The Labute approximate surface area is 161 Å². The second-order valence-corrected chi connectivity index (χ2v) is 7.05. The minimum Gasteiger partial charge on any atom is -0.508 e. The third kappa shape index (κ3) is 4.01. The first-order valence-electron chi connectivity index (χ1n) is 8.47. The van der Waals surface area contributed by atoms with Crippen LogP contribution in [0.15, 0.2) is 54.6 Å². The summed E-state index contributed by atoms with van der Waals surface area (Å²) in [6.07, 6.45) is 0. The van der Waals surface area contributed by atoms with Gasteiger partial charge < -0.3 is 15.2 Å². The Kier molecular flexibility index (Phi) is 5.57. The maximum atomic E-state index is 12.6. The number of phenols is 1. The smallest absolute Gasteiger partial charge is 0.341 e. The van der Waals surface area contributed by atoms with Gasteiger partial charge in [0.15, 0.2) is 0 Å². The van der Waals surface area contributed by atoms with Crippen LogP contribution in [0.3, 0.4) is 0 Å². The van der Waals surface area contributed by atoms with E-state index in [0.717, 1.165) is 16.0 Å². The van der Waals surface area contributed by atoms with Crippen molar-refractivity contribution < 1.29 is 19.4 Å². The Bertz CT molecular complexity index is 962. The summed E-state index contributed by atoms with van der Waals surface area (Å²) in [5.41, 5.74) is 2.40. The van der Waals surface area contributed by atoms with Crippen molar-refractivity contribution in [1.82, 2.24) is 0 Å². The first-order valence-corrected chi connectivity index (χ1v) is 9.29. The Morgan fingerprint density at radius 3 is 2.37 bits per heavy atom. The molecular formula is C21H19NO4S. The van der Waals surface area contributed by atoms with Crippen LogP contribution in [-0.4, -0.2) is 23.6 Å². The lowest BCUT2D eigenvalue weighted by atomic mass is 10.0. The second-order valence-electron chi connectivity index (χ2n) is 5.82. The monoisotopic (exact) mass is 381 g/mol. The molecule has 5 nitrogen and oxygen atoms in total. The van der Waals surface area contributed by atoms with Gasteiger partial charge in [0.25, 0.3) is 5.91 Å². The van der Waals surface area contributed by atoms with E-state index in [2.05, 4.69) is 5.32 Å². The van der Waals surface area contributed by atoms with Gasteiger partial charge in [-0.3, -0.25) is 4.79 Å². The molecule has 0 aliphatic heterocycles. The number of carbonyl (C=O) groups is 2. The number of nitrogens with one attached hydrogen (secondary N) is 1. The summed E-state index contributed by atoms with van der Waals surface area (Å²) < 4.78 is 5.23. The lowest BCUT2D eigenvalue weighted by molar-refractivity contribution is 0.0529. The van der Waals surface area contributed by atoms with Crippen molar-refractivity contribution >= 4 is 28.2 Å². The first kappa shape index (κ1) is 18.7. The number of rotatable bonds is 5. The molecular weight excluding hydrogens is 362 g/mol. The summed E-state index contributed by atoms with van der Waals surface area (Å²) >= 11 is 1.33. The Morgan fingerprint density at radius 2 is 1.74 bits per heavy atom. The van der Waals surface area contributed by atoms with Crippen molar-refractivity contribution in [2.45, 2.75) is 13.8 Å². The van der Waals surface area contributed by atoms with E-state index in [1.165, 1.54) is 35.6 Å². The molecule has 27 heavy (non-hydrogen) atoms. The molecule has 1 heterocycles. The fourth-order valence-corrected chi connectivity index (χ4v) is 3.83. The summed E-state index contributed by atoms with van der Waals surface area (Å²) in [5.74, 6) is -0.750. The zero-order valence-corrected chi connectivity index (χ0v) is 15.8. The van der Waals surface area contributed by atoms with Crippen molar-refractivity contribution in [3.8, 4) is 16.9 Å². The fraction of sp³-hybridized carbons (Fsp3) is 0.143. The van der Waals surface area contributed by atoms with Gasteiger partial charge in [0.05, 0.1) is 6.61 Å². The van der Waals surface area contributed by atoms with Crippen LogP contribution in [0.5, 0.6) is 5.75 Å². The van der Waals surface area contributed by atoms with Gasteiger partial charge in [-0.05, 0) is 43.7 Å². The van der Waals surface area contributed by atoms with E-state index in [9.17, 15) is 14.7 Å². The van der Waals surface area contributed by atoms with E-state index >= 15 is 0 Å².